The monoisotopic (exact) mass is 483 g/mol. The molecule has 1 atom stereocenters. The molecule has 1 aliphatic rings. The van der Waals surface area contributed by atoms with E-state index in [1.807, 2.05) is 24.3 Å². The quantitative estimate of drug-likeness (QED) is 0.513. The highest BCUT2D eigenvalue weighted by Gasteiger charge is 2.36. The van der Waals surface area contributed by atoms with Crippen LogP contribution in [0.1, 0.15) is 11.1 Å². The molecule has 1 heterocycles. The second-order valence-corrected chi connectivity index (χ2v) is 8.93. The SMILES string of the molecule is COCCN1C(=O)[C@H](Cc2ccc(OCc3cccc(F)c3)c(Br)c2)SC1=S. The zero-order chi connectivity index (χ0) is 20.1. The summed E-state index contributed by atoms with van der Waals surface area (Å²) in [6, 6.07) is 12.0. The molecule has 2 aromatic rings. The number of hydrogen-bond donors (Lipinski definition) is 0. The zero-order valence-corrected chi connectivity index (χ0v) is 18.4. The van der Waals surface area contributed by atoms with Crippen molar-refractivity contribution in [3.63, 3.8) is 0 Å². The van der Waals surface area contributed by atoms with E-state index in [-0.39, 0.29) is 23.6 Å². The van der Waals surface area contributed by atoms with Gasteiger partial charge < -0.3 is 9.47 Å². The number of benzene rings is 2. The molecule has 28 heavy (non-hydrogen) atoms. The van der Waals surface area contributed by atoms with Crippen LogP contribution in [-0.2, 0) is 22.6 Å². The summed E-state index contributed by atoms with van der Waals surface area (Å²) in [5, 5.41) is -0.227. The van der Waals surface area contributed by atoms with Gasteiger partial charge in [0.15, 0.2) is 0 Å². The Morgan fingerprint density at radius 3 is 2.79 bits per heavy atom. The highest BCUT2D eigenvalue weighted by molar-refractivity contribution is 9.10. The minimum Gasteiger partial charge on any atom is -0.488 e. The van der Waals surface area contributed by atoms with E-state index in [2.05, 4.69) is 15.9 Å². The van der Waals surface area contributed by atoms with Gasteiger partial charge in [0.1, 0.15) is 22.5 Å². The van der Waals surface area contributed by atoms with Crippen LogP contribution in [0, 0.1) is 5.82 Å². The van der Waals surface area contributed by atoms with Gasteiger partial charge in [-0.25, -0.2) is 4.39 Å². The molecule has 0 saturated carbocycles. The van der Waals surface area contributed by atoms with Gasteiger partial charge in [0.05, 0.1) is 22.9 Å². The van der Waals surface area contributed by atoms with Crippen molar-refractivity contribution in [2.24, 2.45) is 0 Å². The second-order valence-electron chi connectivity index (χ2n) is 6.24. The molecule has 0 N–H and O–H groups in total. The Kier molecular flexibility index (Phi) is 7.45. The summed E-state index contributed by atoms with van der Waals surface area (Å²) in [7, 11) is 1.60. The maximum atomic E-state index is 13.3. The molecule has 0 bridgehead atoms. The highest BCUT2D eigenvalue weighted by Crippen LogP contribution is 2.32. The lowest BCUT2D eigenvalue weighted by molar-refractivity contribution is -0.126. The van der Waals surface area contributed by atoms with E-state index in [1.165, 1.54) is 23.9 Å². The van der Waals surface area contributed by atoms with Gasteiger partial charge in [0, 0.05) is 7.11 Å². The van der Waals surface area contributed by atoms with Crippen molar-refractivity contribution in [1.29, 1.82) is 0 Å². The lowest BCUT2D eigenvalue weighted by Gasteiger charge is -2.15. The predicted octanol–water partition coefficient (Wildman–Crippen LogP) is 4.59. The number of rotatable bonds is 8. The number of amides is 1. The number of nitrogens with zero attached hydrogens (tertiary/aromatic N) is 1. The Labute approximate surface area is 181 Å². The summed E-state index contributed by atoms with van der Waals surface area (Å²) in [4.78, 5) is 14.2. The minimum absolute atomic E-state index is 0.0228. The van der Waals surface area contributed by atoms with Crippen LogP contribution >= 0.6 is 39.9 Å². The first kappa shape index (κ1) is 21.2. The molecule has 2 aromatic carbocycles. The minimum atomic E-state index is -0.285. The average Bonchev–Trinajstić information content (AvgIpc) is 2.92. The molecule has 0 radical (unpaired) electrons. The fourth-order valence-corrected chi connectivity index (χ4v) is 4.93. The number of ether oxygens (including phenoxy) is 2. The number of carbonyl (C=O) groups excluding carboxylic acids is 1. The van der Waals surface area contributed by atoms with Crippen LogP contribution in [0.25, 0.3) is 0 Å². The maximum absolute atomic E-state index is 13.3. The summed E-state index contributed by atoms with van der Waals surface area (Å²) >= 11 is 10.2. The van der Waals surface area contributed by atoms with E-state index < -0.39 is 0 Å². The average molecular weight is 484 g/mol. The van der Waals surface area contributed by atoms with Crippen LogP contribution in [-0.4, -0.2) is 40.6 Å². The molecule has 3 rings (SSSR count). The molecular formula is C20H19BrFNO3S2. The summed E-state index contributed by atoms with van der Waals surface area (Å²) in [6.07, 6.45) is 0.579. The number of thiocarbonyl (C=S) groups is 1. The zero-order valence-electron chi connectivity index (χ0n) is 15.2. The van der Waals surface area contributed by atoms with Crippen LogP contribution in [0.5, 0.6) is 5.75 Å². The fraction of sp³-hybridized carbons (Fsp3) is 0.300. The summed E-state index contributed by atoms with van der Waals surface area (Å²) in [5.41, 5.74) is 1.76. The van der Waals surface area contributed by atoms with Crippen LogP contribution in [0.4, 0.5) is 4.39 Å². The molecule has 4 nitrogen and oxygen atoms in total. The van der Waals surface area contributed by atoms with E-state index in [0.717, 1.165) is 15.6 Å². The summed E-state index contributed by atoms with van der Waals surface area (Å²) in [6.45, 7) is 1.21. The van der Waals surface area contributed by atoms with Crippen LogP contribution < -0.4 is 4.74 Å². The van der Waals surface area contributed by atoms with E-state index in [0.29, 0.717) is 29.6 Å². The van der Waals surface area contributed by atoms with Crippen LogP contribution in [0.15, 0.2) is 46.9 Å². The van der Waals surface area contributed by atoms with Crippen molar-refractivity contribution >= 4 is 50.1 Å². The first-order chi connectivity index (χ1) is 13.5. The number of thioether (sulfide) groups is 1. The van der Waals surface area contributed by atoms with Gasteiger partial charge in [0.2, 0.25) is 5.91 Å². The van der Waals surface area contributed by atoms with Gasteiger partial charge in [-0.05, 0) is 57.7 Å². The van der Waals surface area contributed by atoms with E-state index in [9.17, 15) is 9.18 Å². The van der Waals surface area contributed by atoms with E-state index in [1.54, 1.807) is 18.1 Å². The van der Waals surface area contributed by atoms with Gasteiger partial charge in [-0.15, -0.1) is 0 Å². The molecule has 148 valence electrons. The second kappa shape index (κ2) is 9.82. The number of hydrogen-bond acceptors (Lipinski definition) is 5. The van der Waals surface area contributed by atoms with Gasteiger partial charge in [0.25, 0.3) is 0 Å². The molecular weight excluding hydrogens is 465 g/mol. The Morgan fingerprint density at radius 2 is 2.07 bits per heavy atom. The van der Waals surface area contributed by atoms with Crippen molar-refractivity contribution in [2.75, 3.05) is 20.3 Å². The largest absolute Gasteiger partial charge is 0.488 e. The molecule has 1 amide bonds. The third-order valence-electron chi connectivity index (χ3n) is 4.22. The van der Waals surface area contributed by atoms with Gasteiger partial charge in [-0.2, -0.15) is 0 Å². The van der Waals surface area contributed by atoms with Crippen LogP contribution in [0.3, 0.4) is 0 Å². The Balaban J connectivity index is 1.61. The highest BCUT2D eigenvalue weighted by atomic mass is 79.9. The third kappa shape index (κ3) is 5.31. The lowest BCUT2D eigenvalue weighted by Crippen LogP contribution is -2.34. The first-order valence-electron chi connectivity index (χ1n) is 8.64. The predicted molar refractivity (Wildman–Crippen MR) is 116 cm³/mol. The summed E-state index contributed by atoms with van der Waals surface area (Å²) < 4.78 is 25.5. The molecule has 0 aromatic heterocycles. The molecule has 1 aliphatic heterocycles. The first-order valence-corrected chi connectivity index (χ1v) is 10.7. The Bertz CT molecular complexity index is 880. The van der Waals surface area contributed by atoms with Crippen molar-refractivity contribution in [3.8, 4) is 5.75 Å². The maximum Gasteiger partial charge on any atom is 0.242 e. The molecule has 8 heteroatoms. The third-order valence-corrected chi connectivity index (χ3v) is 6.43. The Morgan fingerprint density at radius 1 is 1.25 bits per heavy atom. The molecule has 1 fully saturated rings. The lowest BCUT2D eigenvalue weighted by atomic mass is 10.1. The molecule has 0 aliphatic carbocycles. The fourth-order valence-electron chi connectivity index (χ4n) is 2.80. The number of carbonyl (C=O) groups is 1. The van der Waals surface area contributed by atoms with Gasteiger partial charge in [-0.1, -0.05) is 42.2 Å². The number of methoxy groups -OCH3 is 1. The smallest absolute Gasteiger partial charge is 0.242 e. The summed E-state index contributed by atoms with van der Waals surface area (Å²) in [5.74, 6) is 0.400. The van der Waals surface area contributed by atoms with E-state index in [4.69, 9.17) is 21.7 Å². The standard InChI is InChI=1S/C20H19BrFNO3S2/c1-25-8-7-23-19(24)18(28-20(23)27)11-13-5-6-17(16(21)10-13)26-12-14-3-2-4-15(22)9-14/h2-6,9-10,18H,7-8,11-12H2,1H3/t18-/m0/s1. The molecule has 0 spiro atoms. The molecule has 0 unspecified atom stereocenters. The number of halogens is 2. The van der Waals surface area contributed by atoms with E-state index >= 15 is 0 Å². The van der Waals surface area contributed by atoms with Gasteiger partial charge >= 0.3 is 0 Å². The van der Waals surface area contributed by atoms with Gasteiger partial charge in [-0.3, -0.25) is 9.69 Å². The normalized spacial score (nSPS) is 16.7. The Hall–Kier alpha value is -1.48. The van der Waals surface area contributed by atoms with Crippen LogP contribution in [0.2, 0.25) is 0 Å². The van der Waals surface area contributed by atoms with Crippen molar-refractivity contribution in [1.82, 2.24) is 4.90 Å². The van der Waals surface area contributed by atoms with Crippen molar-refractivity contribution in [3.05, 3.63) is 63.9 Å². The molecule has 1 saturated heterocycles. The topological polar surface area (TPSA) is 38.8 Å². The van der Waals surface area contributed by atoms with Crippen molar-refractivity contribution < 1.29 is 18.7 Å². The van der Waals surface area contributed by atoms with Crippen molar-refractivity contribution in [2.45, 2.75) is 18.3 Å².